The number of hydrogen-bond donors (Lipinski definition) is 1. The van der Waals surface area contributed by atoms with Crippen LogP contribution in [0.2, 0.25) is 0 Å². The summed E-state index contributed by atoms with van der Waals surface area (Å²) >= 11 is 0. The number of rotatable bonds is 1. The Hall–Kier alpha value is -0.0800. The lowest BCUT2D eigenvalue weighted by Crippen LogP contribution is -2.56. The predicted molar refractivity (Wildman–Crippen MR) is 70.0 cm³/mol. The third-order valence-corrected chi connectivity index (χ3v) is 5.09. The Labute approximate surface area is 105 Å². The molecule has 3 fully saturated rings. The molecule has 0 amide bonds. The van der Waals surface area contributed by atoms with E-state index in [1.54, 1.807) is 0 Å². The quantitative estimate of drug-likeness (QED) is 0.757. The highest BCUT2D eigenvalue weighted by atomic mass is 16.5. The summed E-state index contributed by atoms with van der Waals surface area (Å²) < 4.78 is 6.31. The first-order valence-electron chi connectivity index (χ1n) is 7.43. The summed E-state index contributed by atoms with van der Waals surface area (Å²) in [5.74, 6) is 1.74. The van der Waals surface area contributed by atoms with E-state index in [4.69, 9.17) is 4.74 Å². The highest BCUT2D eigenvalue weighted by Gasteiger charge is 2.43. The van der Waals surface area contributed by atoms with E-state index in [9.17, 15) is 0 Å². The van der Waals surface area contributed by atoms with Crippen molar-refractivity contribution in [3.63, 3.8) is 0 Å². The fourth-order valence-corrected chi connectivity index (χ4v) is 3.59. The van der Waals surface area contributed by atoms with E-state index in [0.29, 0.717) is 23.7 Å². The molecule has 0 aromatic carbocycles. The van der Waals surface area contributed by atoms with Gasteiger partial charge in [-0.15, -0.1) is 0 Å². The van der Waals surface area contributed by atoms with Crippen molar-refractivity contribution in [1.82, 2.24) is 5.32 Å². The number of nitrogens with one attached hydrogen (secondary N) is 1. The molecule has 0 spiro atoms. The highest BCUT2D eigenvalue weighted by Crippen LogP contribution is 2.42. The molecule has 1 aliphatic heterocycles. The van der Waals surface area contributed by atoms with E-state index < -0.39 is 0 Å². The average molecular weight is 237 g/mol. The first kappa shape index (κ1) is 12.0. The lowest BCUT2D eigenvalue weighted by atomic mass is 9.70. The maximum Gasteiger partial charge on any atom is 0.0732 e. The van der Waals surface area contributed by atoms with Crippen molar-refractivity contribution >= 4 is 0 Å². The second-order valence-electron chi connectivity index (χ2n) is 7.44. The van der Waals surface area contributed by atoms with Gasteiger partial charge in [-0.3, -0.25) is 0 Å². The smallest absolute Gasteiger partial charge is 0.0732 e. The molecule has 2 nitrogen and oxygen atoms in total. The van der Waals surface area contributed by atoms with Crippen molar-refractivity contribution in [3.05, 3.63) is 0 Å². The first-order chi connectivity index (χ1) is 8.04. The summed E-state index contributed by atoms with van der Waals surface area (Å²) in [5.41, 5.74) is 0.458. The van der Waals surface area contributed by atoms with Crippen LogP contribution in [0.5, 0.6) is 0 Å². The Balaban J connectivity index is 1.59. The molecule has 0 aromatic rings. The lowest BCUT2D eigenvalue weighted by molar-refractivity contribution is -0.0995. The Bertz CT molecular complexity index is 279. The molecule has 1 heterocycles. The molecular weight excluding hydrogens is 210 g/mol. The molecule has 0 radical (unpaired) electrons. The molecule has 17 heavy (non-hydrogen) atoms. The maximum absolute atomic E-state index is 6.31. The van der Waals surface area contributed by atoms with E-state index in [1.807, 2.05) is 0 Å². The Morgan fingerprint density at radius 2 is 1.76 bits per heavy atom. The van der Waals surface area contributed by atoms with Gasteiger partial charge < -0.3 is 10.1 Å². The van der Waals surface area contributed by atoms with Crippen molar-refractivity contribution < 1.29 is 4.74 Å². The fraction of sp³-hybridized carbons (Fsp3) is 1.00. The molecule has 0 bridgehead atoms. The fourth-order valence-electron chi connectivity index (χ4n) is 3.59. The van der Waals surface area contributed by atoms with Gasteiger partial charge in [0.05, 0.1) is 12.2 Å². The predicted octanol–water partition coefficient (Wildman–Crippen LogP) is 2.97. The highest BCUT2D eigenvalue weighted by molar-refractivity contribution is 4.96. The van der Waals surface area contributed by atoms with E-state index >= 15 is 0 Å². The zero-order chi connectivity index (χ0) is 12.0. The van der Waals surface area contributed by atoms with Gasteiger partial charge in [-0.1, -0.05) is 20.8 Å². The van der Waals surface area contributed by atoms with Crippen LogP contribution in [0.4, 0.5) is 0 Å². The minimum Gasteiger partial charge on any atom is -0.372 e. The molecule has 0 aromatic heterocycles. The standard InChI is InChI=1S/C15H27NO/c1-15(2,3)11-6-7-13-12(8-11)16-9-14(17-13)10-4-5-10/h10-14,16H,4-9H2,1-3H3. The van der Waals surface area contributed by atoms with Gasteiger partial charge in [0.1, 0.15) is 0 Å². The van der Waals surface area contributed by atoms with Crippen LogP contribution in [0.1, 0.15) is 52.9 Å². The van der Waals surface area contributed by atoms with E-state index in [-0.39, 0.29) is 0 Å². The summed E-state index contributed by atoms with van der Waals surface area (Å²) in [6, 6.07) is 0.628. The molecule has 1 saturated heterocycles. The third kappa shape index (κ3) is 2.53. The van der Waals surface area contributed by atoms with Crippen molar-refractivity contribution in [2.45, 2.75) is 71.1 Å². The molecule has 98 valence electrons. The molecule has 4 atom stereocenters. The normalized spacial score (nSPS) is 43.2. The summed E-state index contributed by atoms with van der Waals surface area (Å²) in [5, 5.41) is 3.77. The molecular formula is C15H27NO. The Kier molecular flexibility index (Phi) is 2.99. The summed E-state index contributed by atoms with van der Waals surface area (Å²) in [4.78, 5) is 0. The van der Waals surface area contributed by atoms with Gasteiger partial charge in [0.2, 0.25) is 0 Å². The minimum absolute atomic E-state index is 0.458. The first-order valence-corrected chi connectivity index (χ1v) is 7.43. The van der Waals surface area contributed by atoms with E-state index in [0.717, 1.165) is 18.4 Å². The molecule has 3 rings (SSSR count). The molecule has 2 heteroatoms. The SMILES string of the molecule is CC(C)(C)C1CCC2OC(C3CC3)CNC2C1. The van der Waals surface area contributed by atoms with Crippen LogP contribution in [0.15, 0.2) is 0 Å². The molecule has 2 aliphatic carbocycles. The van der Waals surface area contributed by atoms with Gasteiger partial charge in [-0.2, -0.15) is 0 Å². The number of fused-ring (bicyclic) bond motifs is 1. The second kappa shape index (κ2) is 4.24. The number of hydrogen-bond acceptors (Lipinski definition) is 2. The Morgan fingerprint density at radius 3 is 2.41 bits per heavy atom. The van der Waals surface area contributed by atoms with Crippen LogP contribution >= 0.6 is 0 Å². The van der Waals surface area contributed by atoms with Gasteiger partial charge in [0.25, 0.3) is 0 Å². The van der Waals surface area contributed by atoms with Gasteiger partial charge in [-0.05, 0) is 49.4 Å². The van der Waals surface area contributed by atoms with Crippen molar-refractivity contribution in [2.75, 3.05) is 6.54 Å². The maximum atomic E-state index is 6.31. The average Bonchev–Trinajstić information content (AvgIpc) is 3.10. The number of ether oxygens (including phenoxy) is 1. The van der Waals surface area contributed by atoms with Crippen LogP contribution in [-0.4, -0.2) is 24.8 Å². The topological polar surface area (TPSA) is 21.3 Å². The molecule has 1 N–H and O–H groups in total. The zero-order valence-electron chi connectivity index (χ0n) is 11.5. The summed E-state index contributed by atoms with van der Waals surface area (Å²) in [7, 11) is 0. The summed E-state index contributed by atoms with van der Waals surface area (Å²) in [6.07, 6.45) is 7.76. The second-order valence-corrected chi connectivity index (χ2v) is 7.44. The van der Waals surface area contributed by atoms with Crippen LogP contribution in [0.3, 0.4) is 0 Å². The molecule has 4 unspecified atom stereocenters. The van der Waals surface area contributed by atoms with Crippen LogP contribution in [-0.2, 0) is 4.74 Å². The van der Waals surface area contributed by atoms with Crippen LogP contribution < -0.4 is 5.32 Å². The van der Waals surface area contributed by atoms with Crippen LogP contribution in [0, 0.1) is 17.3 Å². The van der Waals surface area contributed by atoms with Gasteiger partial charge >= 0.3 is 0 Å². The van der Waals surface area contributed by atoms with E-state index in [2.05, 4.69) is 26.1 Å². The third-order valence-electron chi connectivity index (χ3n) is 5.09. The summed E-state index contributed by atoms with van der Waals surface area (Å²) in [6.45, 7) is 8.25. The largest absolute Gasteiger partial charge is 0.372 e. The van der Waals surface area contributed by atoms with Gasteiger partial charge in [-0.25, -0.2) is 0 Å². The zero-order valence-corrected chi connectivity index (χ0v) is 11.5. The van der Waals surface area contributed by atoms with Crippen molar-refractivity contribution in [3.8, 4) is 0 Å². The van der Waals surface area contributed by atoms with E-state index in [1.165, 1.54) is 32.1 Å². The Morgan fingerprint density at radius 1 is 1.00 bits per heavy atom. The van der Waals surface area contributed by atoms with Crippen molar-refractivity contribution in [1.29, 1.82) is 0 Å². The number of morpholine rings is 1. The molecule has 2 saturated carbocycles. The minimum atomic E-state index is 0.458. The molecule has 3 aliphatic rings. The van der Waals surface area contributed by atoms with Gasteiger partial charge in [0, 0.05) is 12.6 Å². The monoisotopic (exact) mass is 237 g/mol. The lowest BCUT2D eigenvalue weighted by Gasteiger charge is -2.46. The van der Waals surface area contributed by atoms with Crippen LogP contribution in [0.25, 0.3) is 0 Å². The van der Waals surface area contributed by atoms with Gasteiger partial charge in [0.15, 0.2) is 0 Å². The van der Waals surface area contributed by atoms with Crippen molar-refractivity contribution in [2.24, 2.45) is 17.3 Å².